The number of hydrogen-bond donors (Lipinski definition) is 0. The summed E-state index contributed by atoms with van der Waals surface area (Å²) in [5, 5.41) is 9.85. The molecular weight excluding hydrogens is 254 g/mol. The number of thioether (sulfide) groups is 1. The number of rotatable bonds is 2. The first-order valence-corrected chi connectivity index (χ1v) is 7.36. The van der Waals surface area contributed by atoms with Crippen molar-refractivity contribution in [3.8, 4) is 0 Å². The molecule has 1 unspecified atom stereocenters. The molecule has 1 fully saturated rings. The van der Waals surface area contributed by atoms with E-state index in [2.05, 4.69) is 22.0 Å². The molecule has 0 N–H and O–H groups in total. The number of pyridine rings is 1. The van der Waals surface area contributed by atoms with Crippen molar-refractivity contribution < 1.29 is 0 Å². The van der Waals surface area contributed by atoms with Crippen LogP contribution in [0.2, 0.25) is 5.02 Å². The van der Waals surface area contributed by atoms with Gasteiger partial charge in [-0.15, -0.1) is 10.2 Å². The Kier molecular flexibility index (Phi) is 3.25. The van der Waals surface area contributed by atoms with Crippen molar-refractivity contribution in [3.63, 3.8) is 0 Å². The quantitative estimate of drug-likeness (QED) is 0.837. The smallest absolute Gasteiger partial charge is 0.162 e. The van der Waals surface area contributed by atoms with Gasteiger partial charge in [-0.25, -0.2) is 0 Å². The van der Waals surface area contributed by atoms with Crippen LogP contribution >= 0.6 is 23.4 Å². The van der Waals surface area contributed by atoms with Gasteiger partial charge < -0.3 is 0 Å². The van der Waals surface area contributed by atoms with Crippen LogP contribution in [-0.2, 0) is 6.42 Å². The number of fused-ring (bicyclic) bond motifs is 1. The fourth-order valence-electron chi connectivity index (χ4n) is 2.23. The highest BCUT2D eigenvalue weighted by atomic mass is 35.5. The number of halogens is 1. The number of nitrogens with zero attached hydrogens (tertiary/aromatic N) is 3. The molecule has 1 aliphatic rings. The summed E-state index contributed by atoms with van der Waals surface area (Å²) in [6.45, 7) is 0. The minimum Gasteiger partial charge on any atom is -0.286 e. The van der Waals surface area contributed by atoms with Crippen LogP contribution in [0.15, 0.2) is 18.3 Å². The molecule has 0 aromatic carbocycles. The van der Waals surface area contributed by atoms with Gasteiger partial charge in [0.25, 0.3) is 0 Å². The summed E-state index contributed by atoms with van der Waals surface area (Å²) in [5.41, 5.74) is 0.841. The van der Waals surface area contributed by atoms with E-state index >= 15 is 0 Å². The Morgan fingerprint density at radius 2 is 2.35 bits per heavy atom. The van der Waals surface area contributed by atoms with Gasteiger partial charge >= 0.3 is 0 Å². The Morgan fingerprint density at radius 1 is 1.41 bits per heavy atom. The summed E-state index contributed by atoms with van der Waals surface area (Å²) in [6.07, 6.45) is 6.97. The fraction of sp³-hybridized carbons (Fsp3) is 0.500. The molecule has 1 aliphatic heterocycles. The molecule has 17 heavy (non-hydrogen) atoms. The zero-order chi connectivity index (χ0) is 11.7. The molecule has 0 saturated carbocycles. The summed E-state index contributed by atoms with van der Waals surface area (Å²) in [5.74, 6) is 2.34. The highest BCUT2D eigenvalue weighted by Gasteiger charge is 2.17. The highest BCUT2D eigenvalue weighted by Crippen LogP contribution is 2.27. The van der Waals surface area contributed by atoms with Crippen LogP contribution < -0.4 is 0 Å². The third-order valence-electron chi connectivity index (χ3n) is 3.13. The lowest BCUT2D eigenvalue weighted by Gasteiger charge is -2.20. The molecule has 1 saturated heterocycles. The van der Waals surface area contributed by atoms with Gasteiger partial charge in [0.05, 0.1) is 0 Å². The Bertz CT molecular complexity index is 519. The molecule has 0 spiro atoms. The van der Waals surface area contributed by atoms with E-state index in [9.17, 15) is 0 Å². The Balaban J connectivity index is 1.84. The molecule has 5 heteroatoms. The Hall–Kier alpha value is -0.740. The van der Waals surface area contributed by atoms with E-state index in [4.69, 9.17) is 11.6 Å². The molecule has 0 amide bonds. The number of aromatic nitrogens is 3. The van der Waals surface area contributed by atoms with Gasteiger partial charge in [-0.2, -0.15) is 11.8 Å². The summed E-state index contributed by atoms with van der Waals surface area (Å²) in [6, 6.07) is 3.74. The van der Waals surface area contributed by atoms with E-state index in [0.717, 1.165) is 17.9 Å². The van der Waals surface area contributed by atoms with E-state index < -0.39 is 0 Å². The molecule has 3 nitrogen and oxygen atoms in total. The molecule has 0 bridgehead atoms. The number of hydrogen-bond acceptors (Lipinski definition) is 3. The van der Waals surface area contributed by atoms with Crippen LogP contribution in [-0.4, -0.2) is 25.6 Å². The van der Waals surface area contributed by atoms with Gasteiger partial charge in [0.2, 0.25) is 0 Å². The van der Waals surface area contributed by atoms with Gasteiger partial charge in [-0.05, 0) is 24.7 Å². The normalized spacial score (nSPS) is 20.9. The van der Waals surface area contributed by atoms with Crippen molar-refractivity contribution in [2.75, 3.05) is 5.75 Å². The Morgan fingerprint density at radius 3 is 3.18 bits per heavy atom. The van der Waals surface area contributed by atoms with Gasteiger partial charge in [0.1, 0.15) is 5.82 Å². The largest absolute Gasteiger partial charge is 0.286 e. The van der Waals surface area contributed by atoms with Crippen molar-refractivity contribution in [2.45, 2.75) is 30.9 Å². The van der Waals surface area contributed by atoms with Crippen molar-refractivity contribution >= 4 is 29.0 Å². The third-order valence-corrected chi connectivity index (χ3v) is 4.76. The lowest BCUT2D eigenvalue weighted by Crippen LogP contribution is -2.14. The molecule has 3 heterocycles. The van der Waals surface area contributed by atoms with Gasteiger partial charge in [0.15, 0.2) is 5.65 Å². The van der Waals surface area contributed by atoms with E-state index in [0.29, 0.717) is 10.3 Å². The van der Waals surface area contributed by atoms with E-state index in [1.165, 1.54) is 25.0 Å². The monoisotopic (exact) mass is 267 g/mol. The van der Waals surface area contributed by atoms with Gasteiger partial charge in [0, 0.05) is 29.0 Å². The molecule has 2 aromatic heterocycles. The van der Waals surface area contributed by atoms with Crippen LogP contribution in [0.5, 0.6) is 0 Å². The molecule has 0 aliphatic carbocycles. The lowest BCUT2D eigenvalue weighted by molar-refractivity contribution is 0.645. The maximum Gasteiger partial charge on any atom is 0.162 e. The average molecular weight is 268 g/mol. The van der Waals surface area contributed by atoms with Gasteiger partial charge in [-0.1, -0.05) is 18.0 Å². The summed E-state index contributed by atoms with van der Waals surface area (Å²) in [7, 11) is 0. The van der Waals surface area contributed by atoms with Crippen LogP contribution in [0.25, 0.3) is 5.65 Å². The van der Waals surface area contributed by atoms with Crippen molar-refractivity contribution in [1.29, 1.82) is 0 Å². The minimum absolute atomic E-state index is 0.701. The molecular formula is C12H14ClN3S. The van der Waals surface area contributed by atoms with Crippen LogP contribution in [0.3, 0.4) is 0 Å². The molecule has 0 radical (unpaired) electrons. The predicted molar refractivity (Wildman–Crippen MR) is 71.8 cm³/mol. The van der Waals surface area contributed by atoms with Crippen molar-refractivity contribution in [1.82, 2.24) is 14.6 Å². The minimum atomic E-state index is 0.701. The second-order valence-corrected chi connectivity index (χ2v) is 6.23. The van der Waals surface area contributed by atoms with E-state index in [1.54, 1.807) is 0 Å². The molecule has 1 atom stereocenters. The fourth-order valence-corrected chi connectivity index (χ4v) is 3.69. The van der Waals surface area contributed by atoms with Crippen LogP contribution in [0.1, 0.15) is 25.1 Å². The second kappa shape index (κ2) is 4.86. The third kappa shape index (κ3) is 2.43. The molecule has 90 valence electrons. The van der Waals surface area contributed by atoms with Crippen molar-refractivity contribution in [3.05, 3.63) is 29.2 Å². The molecule has 3 rings (SSSR count). The maximum absolute atomic E-state index is 5.93. The molecule has 2 aromatic rings. The SMILES string of the molecule is Clc1ccn2c(CC3CCCCS3)nnc2c1. The van der Waals surface area contributed by atoms with Crippen LogP contribution in [0.4, 0.5) is 0 Å². The average Bonchev–Trinajstić information content (AvgIpc) is 2.73. The van der Waals surface area contributed by atoms with Crippen molar-refractivity contribution in [2.24, 2.45) is 0 Å². The Labute approximate surface area is 110 Å². The highest BCUT2D eigenvalue weighted by molar-refractivity contribution is 7.99. The second-order valence-electron chi connectivity index (χ2n) is 4.38. The summed E-state index contributed by atoms with van der Waals surface area (Å²) < 4.78 is 2.04. The van der Waals surface area contributed by atoms with Gasteiger partial charge in [-0.3, -0.25) is 4.40 Å². The van der Waals surface area contributed by atoms with E-state index in [-0.39, 0.29) is 0 Å². The first-order chi connectivity index (χ1) is 8.33. The first-order valence-electron chi connectivity index (χ1n) is 5.94. The first kappa shape index (κ1) is 11.4. The maximum atomic E-state index is 5.93. The standard InChI is InChI=1S/C12H14ClN3S/c13-9-4-5-16-11(7-9)14-15-12(16)8-10-3-1-2-6-17-10/h4-5,7,10H,1-3,6,8H2. The topological polar surface area (TPSA) is 30.2 Å². The predicted octanol–water partition coefficient (Wildman–Crippen LogP) is 3.21. The summed E-state index contributed by atoms with van der Waals surface area (Å²) in [4.78, 5) is 0. The lowest BCUT2D eigenvalue weighted by atomic mass is 10.1. The van der Waals surface area contributed by atoms with E-state index in [1.807, 2.05) is 22.7 Å². The zero-order valence-corrected chi connectivity index (χ0v) is 11.0. The summed E-state index contributed by atoms with van der Waals surface area (Å²) >= 11 is 8.00. The van der Waals surface area contributed by atoms with Crippen LogP contribution in [0, 0.1) is 0 Å². The zero-order valence-electron chi connectivity index (χ0n) is 9.47.